The van der Waals surface area contributed by atoms with E-state index in [1.165, 1.54) is 6.07 Å². The van der Waals surface area contributed by atoms with E-state index in [2.05, 4.69) is 0 Å². The molecule has 0 amide bonds. The van der Waals surface area contributed by atoms with Gasteiger partial charge in [0, 0.05) is 11.5 Å². The number of phenolic OH excluding ortho intramolecular Hbond substituents is 1. The van der Waals surface area contributed by atoms with E-state index < -0.39 is 28.8 Å². The summed E-state index contributed by atoms with van der Waals surface area (Å²) in [7, 11) is 0. The predicted molar refractivity (Wildman–Crippen MR) is 55.9 cm³/mol. The van der Waals surface area contributed by atoms with E-state index in [-0.39, 0.29) is 11.5 Å². The van der Waals surface area contributed by atoms with E-state index in [0.29, 0.717) is 0 Å². The van der Waals surface area contributed by atoms with Crippen LogP contribution < -0.4 is 0 Å². The average Bonchev–Trinajstić information content (AvgIpc) is 2.20. The molecule has 0 aliphatic carbocycles. The van der Waals surface area contributed by atoms with Gasteiger partial charge in [-0.15, -0.1) is 0 Å². The number of aromatic carboxylic acids is 1. The smallest absolute Gasteiger partial charge is 0.340 e. The number of hydrogen-bond acceptors (Lipinski definition) is 4. The summed E-state index contributed by atoms with van der Waals surface area (Å²) in [6, 6.07) is 2.29. The standard InChI is InChI=1S/C11H12O5/c1-5(2)9(13)6-3-4-7(12)10(14)8(6)11(15)16/h3-5,12,14H,1-2H3,(H,15,16). The second-order valence-electron chi connectivity index (χ2n) is 3.68. The van der Waals surface area contributed by atoms with Gasteiger partial charge in [-0.05, 0) is 12.1 Å². The highest BCUT2D eigenvalue weighted by Crippen LogP contribution is 2.32. The SMILES string of the molecule is CC(C)C(=O)c1ccc(O)c(O)c1C(=O)O. The third-order valence-electron chi connectivity index (χ3n) is 2.16. The molecule has 3 N–H and O–H groups in total. The Hall–Kier alpha value is -2.04. The lowest BCUT2D eigenvalue weighted by Gasteiger charge is -2.10. The Morgan fingerprint density at radius 2 is 1.75 bits per heavy atom. The van der Waals surface area contributed by atoms with E-state index in [4.69, 9.17) is 10.2 Å². The maximum atomic E-state index is 11.7. The molecule has 0 heterocycles. The minimum Gasteiger partial charge on any atom is -0.504 e. The summed E-state index contributed by atoms with van der Waals surface area (Å²) in [6.45, 7) is 3.25. The van der Waals surface area contributed by atoms with Gasteiger partial charge in [0.15, 0.2) is 17.3 Å². The van der Waals surface area contributed by atoms with Crippen LogP contribution in [-0.2, 0) is 0 Å². The minimum atomic E-state index is -1.45. The quantitative estimate of drug-likeness (QED) is 0.535. The molecule has 0 saturated heterocycles. The predicted octanol–water partition coefficient (Wildman–Crippen LogP) is 1.63. The molecule has 0 bridgehead atoms. The Balaban J connectivity index is 3.46. The average molecular weight is 224 g/mol. The normalized spacial score (nSPS) is 10.4. The number of benzene rings is 1. The largest absolute Gasteiger partial charge is 0.504 e. The molecule has 0 saturated carbocycles. The highest BCUT2D eigenvalue weighted by Gasteiger charge is 2.24. The molecule has 0 fully saturated rings. The number of rotatable bonds is 3. The Morgan fingerprint density at radius 3 is 2.19 bits per heavy atom. The first kappa shape index (κ1) is 12.0. The van der Waals surface area contributed by atoms with Crippen LogP contribution >= 0.6 is 0 Å². The molecule has 1 aromatic carbocycles. The van der Waals surface area contributed by atoms with Crippen molar-refractivity contribution in [2.45, 2.75) is 13.8 Å². The van der Waals surface area contributed by atoms with Crippen LogP contribution in [0.3, 0.4) is 0 Å². The Kier molecular flexibility index (Phi) is 3.17. The molecule has 0 aliphatic rings. The van der Waals surface area contributed by atoms with Gasteiger partial charge in [0.25, 0.3) is 0 Å². The van der Waals surface area contributed by atoms with Crippen LogP contribution in [0.1, 0.15) is 34.6 Å². The van der Waals surface area contributed by atoms with Crippen molar-refractivity contribution in [1.82, 2.24) is 0 Å². The van der Waals surface area contributed by atoms with E-state index in [9.17, 15) is 14.7 Å². The number of phenols is 2. The second kappa shape index (κ2) is 4.22. The van der Waals surface area contributed by atoms with E-state index >= 15 is 0 Å². The first-order chi connectivity index (χ1) is 7.36. The van der Waals surface area contributed by atoms with Gasteiger partial charge < -0.3 is 15.3 Å². The Bertz CT molecular complexity index is 448. The molecule has 0 atom stereocenters. The minimum absolute atomic E-state index is 0.0993. The Morgan fingerprint density at radius 1 is 1.19 bits per heavy atom. The number of Topliss-reactive ketones (excluding diaryl/α,β-unsaturated/α-hetero) is 1. The van der Waals surface area contributed by atoms with Crippen molar-refractivity contribution in [3.8, 4) is 11.5 Å². The zero-order chi connectivity index (χ0) is 12.5. The number of aromatic hydroxyl groups is 2. The lowest BCUT2D eigenvalue weighted by molar-refractivity contribution is 0.0686. The molecular formula is C11H12O5. The van der Waals surface area contributed by atoms with Gasteiger partial charge in [-0.25, -0.2) is 4.79 Å². The summed E-state index contributed by atoms with van der Waals surface area (Å²) in [6.07, 6.45) is 0. The molecule has 5 heteroatoms. The molecule has 16 heavy (non-hydrogen) atoms. The highest BCUT2D eigenvalue weighted by atomic mass is 16.4. The van der Waals surface area contributed by atoms with Crippen molar-refractivity contribution in [1.29, 1.82) is 0 Å². The summed E-state index contributed by atoms with van der Waals surface area (Å²) in [5.41, 5.74) is -0.656. The van der Waals surface area contributed by atoms with Crippen LogP contribution in [-0.4, -0.2) is 27.1 Å². The maximum absolute atomic E-state index is 11.7. The summed E-state index contributed by atoms with van der Waals surface area (Å²) in [5.74, 6) is -3.57. The topological polar surface area (TPSA) is 94.8 Å². The first-order valence-corrected chi connectivity index (χ1v) is 4.68. The van der Waals surface area contributed by atoms with Crippen LogP contribution in [0.2, 0.25) is 0 Å². The number of ketones is 1. The lowest BCUT2D eigenvalue weighted by Crippen LogP contribution is -2.13. The van der Waals surface area contributed by atoms with Gasteiger partial charge in [-0.2, -0.15) is 0 Å². The van der Waals surface area contributed by atoms with Crippen molar-refractivity contribution in [2.24, 2.45) is 5.92 Å². The van der Waals surface area contributed by atoms with Crippen LogP contribution in [0.25, 0.3) is 0 Å². The summed E-state index contributed by atoms with van der Waals surface area (Å²) < 4.78 is 0. The Labute approximate surface area is 92.0 Å². The fourth-order valence-electron chi connectivity index (χ4n) is 1.31. The fraction of sp³-hybridized carbons (Fsp3) is 0.273. The molecule has 0 spiro atoms. The van der Waals surface area contributed by atoms with Gasteiger partial charge in [-0.1, -0.05) is 13.8 Å². The molecule has 0 aromatic heterocycles. The first-order valence-electron chi connectivity index (χ1n) is 4.68. The number of carboxylic acid groups (broad SMARTS) is 1. The van der Waals surface area contributed by atoms with Crippen molar-refractivity contribution in [3.63, 3.8) is 0 Å². The van der Waals surface area contributed by atoms with Crippen molar-refractivity contribution >= 4 is 11.8 Å². The molecule has 5 nitrogen and oxygen atoms in total. The van der Waals surface area contributed by atoms with Gasteiger partial charge in [0.05, 0.1) is 0 Å². The number of hydrogen-bond donors (Lipinski definition) is 3. The summed E-state index contributed by atoms with van der Waals surface area (Å²) >= 11 is 0. The molecule has 0 aliphatic heterocycles. The molecule has 1 aromatic rings. The summed E-state index contributed by atoms with van der Waals surface area (Å²) in [5, 5.41) is 27.4. The monoisotopic (exact) mass is 224 g/mol. The molecule has 1 rings (SSSR count). The summed E-state index contributed by atoms with van der Waals surface area (Å²) in [4.78, 5) is 22.6. The molecule has 0 unspecified atom stereocenters. The van der Waals surface area contributed by atoms with Crippen molar-refractivity contribution < 1.29 is 24.9 Å². The van der Waals surface area contributed by atoms with Gasteiger partial charge >= 0.3 is 5.97 Å². The third-order valence-corrected chi connectivity index (χ3v) is 2.16. The number of carbonyl (C=O) groups excluding carboxylic acids is 1. The second-order valence-corrected chi connectivity index (χ2v) is 3.68. The van der Waals surface area contributed by atoms with Gasteiger partial charge in [-0.3, -0.25) is 4.79 Å². The number of carboxylic acids is 1. The molecular weight excluding hydrogens is 212 g/mol. The van der Waals surface area contributed by atoms with Gasteiger partial charge in [0.1, 0.15) is 5.56 Å². The van der Waals surface area contributed by atoms with Crippen LogP contribution in [0.15, 0.2) is 12.1 Å². The van der Waals surface area contributed by atoms with Crippen LogP contribution in [0, 0.1) is 5.92 Å². The molecule has 0 radical (unpaired) electrons. The van der Waals surface area contributed by atoms with Crippen LogP contribution in [0.4, 0.5) is 0 Å². The third kappa shape index (κ3) is 1.98. The van der Waals surface area contributed by atoms with Gasteiger partial charge in [0.2, 0.25) is 0 Å². The number of carbonyl (C=O) groups is 2. The van der Waals surface area contributed by atoms with Crippen molar-refractivity contribution in [3.05, 3.63) is 23.3 Å². The molecule has 86 valence electrons. The van der Waals surface area contributed by atoms with Crippen LogP contribution in [0.5, 0.6) is 11.5 Å². The van der Waals surface area contributed by atoms with E-state index in [1.54, 1.807) is 13.8 Å². The lowest BCUT2D eigenvalue weighted by atomic mass is 9.95. The van der Waals surface area contributed by atoms with E-state index in [1.807, 2.05) is 0 Å². The maximum Gasteiger partial charge on any atom is 0.340 e. The van der Waals surface area contributed by atoms with Crippen molar-refractivity contribution in [2.75, 3.05) is 0 Å². The fourth-order valence-corrected chi connectivity index (χ4v) is 1.31. The van der Waals surface area contributed by atoms with E-state index in [0.717, 1.165) is 6.07 Å². The zero-order valence-corrected chi connectivity index (χ0v) is 8.89. The highest BCUT2D eigenvalue weighted by molar-refractivity contribution is 6.08. The zero-order valence-electron chi connectivity index (χ0n) is 8.89.